The molecule has 0 aliphatic carbocycles. The Balaban J connectivity index is 2.34. The summed E-state index contributed by atoms with van der Waals surface area (Å²) in [7, 11) is 3.49. The molecule has 0 unspecified atom stereocenters. The molecule has 0 aromatic carbocycles. The van der Waals surface area contributed by atoms with Crippen molar-refractivity contribution in [2.75, 3.05) is 33.8 Å². The first kappa shape index (κ1) is 15.7. The fraction of sp³-hybridized carbons (Fsp3) is 0.538. The molecule has 0 fully saturated rings. The first-order valence-electron chi connectivity index (χ1n) is 6.13. The van der Waals surface area contributed by atoms with Crippen LogP contribution in [0.4, 0.5) is 0 Å². The molecule has 0 aliphatic rings. The summed E-state index contributed by atoms with van der Waals surface area (Å²) in [5.74, 6) is -0.320. The molecule has 0 atom stereocenters. The van der Waals surface area contributed by atoms with Gasteiger partial charge in [0.2, 0.25) is 5.91 Å². The van der Waals surface area contributed by atoms with Crippen LogP contribution in [0.5, 0.6) is 0 Å². The van der Waals surface area contributed by atoms with Crippen molar-refractivity contribution in [1.82, 2.24) is 9.80 Å². The van der Waals surface area contributed by atoms with E-state index in [-0.39, 0.29) is 25.0 Å². The van der Waals surface area contributed by atoms with E-state index in [0.717, 1.165) is 4.88 Å². The summed E-state index contributed by atoms with van der Waals surface area (Å²) in [6, 6.07) is 3.96. The van der Waals surface area contributed by atoms with Crippen LogP contribution in [0.2, 0.25) is 0 Å². The lowest BCUT2D eigenvalue weighted by Gasteiger charge is -2.20. The fourth-order valence-corrected chi connectivity index (χ4v) is 2.32. The molecule has 0 bridgehead atoms. The maximum absolute atomic E-state index is 12.0. The zero-order valence-electron chi connectivity index (χ0n) is 11.6. The van der Waals surface area contributed by atoms with Crippen LogP contribution in [0.15, 0.2) is 17.5 Å². The van der Waals surface area contributed by atoms with Gasteiger partial charge in [0, 0.05) is 11.9 Å². The number of carbonyl (C=O) groups excluding carboxylic acids is 2. The maximum Gasteiger partial charge on any atom is 0.320 e. The van der Waals surface area contributed by atoms with E-state index in [1.165, 1.54) is 0 Å². The zero-order valence-corrected chi connectivity index (χ0v) is 12.4. The van der Waals surface area contributed by atoms with Crippen LogP contribution >= 0.6 is 11.3 Å². The van der Waals surface area contributed by atoms with Crippen molar-refractivity contribution in [2.24, 2.45) is 0 Å². The topological polar surface area (TPSA) is 49.9 Å². The van der Waals surface area contributed by atoms with Crippen LogP contribution in [-0.4, -0.2) is 55.5 Å². The van der Waals surface area contributed by atoms with Crippen LogP contribution in [0, 0.1) is 0 Å². The van der Waals surface area contributed by atoms with E-state index in [2.05, 4.69) is 0 Å². The molecular weight excluding hydrogens is 264 g/mol. The molecule has 0 N–H and O–H groups in total. The first-order valence-corrected chi connectivity index (χ1v) is 7.01. The van der Waals surface area contributed by atoms with Gasteiger partial charge >= 0.3 is 5.97 Å². The zero-order chi connectivity index (χ0) is 14.3. The lowest BCUT2D eigenvalue weighted by molar-refractivity contribution is -0.144. The highest BCUT2D eigenvalue weighted by molar-refractivity contribution is 7.09. The molecule has 0 spiro atoms. The molecule has 0 radical (unpaired) electrons. The Hall–Kier alpha value is -1.40. The van der Waals surface area contributed by atoms with Gasteiger partial charge < -0.3 is 9.64 Å². The largest absolute Gasteiger partial charge is 0.465 e. The van der Waals surface area contributed by atoms with Gasteiger partial charge in [0.1, 0.15) is 0 Å². The summed E-state index contributed by atoms with van der Waals surface area (Å²) in [6.45, 7) is 3.06. The van der Waals surface area contributed by atoms with Gasteiger partial charge in [0.15, 0.2) is 0 Å². The molecule has 1 aromatic heterocycles. The number of hydrogen-bond acceptors (Lipinski definition) is 5. The normalized spacial score (nSPS) is 10.5. The molecule has 0 saturated carbocycles. The summed E-state index contributed by atoms with van der Waals surface area (Å²) in [4.78, 5) is 27.7. The number of thiophene rings is 1. The van der Waals surface area contributed by atoms with Gasteiger partial charge in [-0.2, -0.15) is 0 Å². The maximum atomic E-state index is 12.0. The van der Waals surface area contributed by atoms with Gasteiger partial charge in [-0.05, 0) is 25.4 Å². The Bertz CT molecular complexity index is 406. The van der Waals surface area contributed by atoms with Gasteiger partial charge in [-0.1, -0.05) is 6.07 Å². The molecule has 1 heterocycles. The van der Waals surface area contributed by atoms with Crippen LogP contribution < -0.4 is 0 Å². The Kier molecular flexibility index (Phi) is 6.52. The first-order chi connectivity index (χ1) is 9.02. The number of nitrogens with zero attached hydrogens (tertiary/aromatic N) is 2. The van der Waals surface area contributed by atoms with E-state index in [0.29, 0.717) is 13.2 Å². The second kappa shape index (κ2) is 7.91. The van der Waals surface area contributed by atoms with Crippen LogP contribution in [0.3, 0.4) is 0 Å². The predicted molar refractivity (Wildman–Crippen MR) is 74.9 cm³/mol. The summed E-state index contributed by atoms with van der Waals surface area (Å²) in [6.07, 6.45) is 0. The van der Waals surface area contributed by atoms with Crippen molar-refractivity contribution >= 4 is 23.2 Å². The van der Waals surface area contributed by atoms with Gasteiger partial charge in [0.05, 0.1) is 26.2 Å². The van der Waals surface area contributed by atoms with E-state index in [9.17, 15) is 9.59 Å². The molecule has 19 heavy (non-hydrogen) atoms. The van der Waals surface area contributed by atoms with Crippen LogP contribution in [0.1, 0.15) is 11.8 Å². The lowest BCUT2D eigenvalue weighted by Crippen LogP contribution is -2.38. The number of amides is 1. The standard InChI is InChI=1S/C13H20N2O3S/c1-4-18-13(17)10-14(2)9-12(16)15(3)8-11-6-5-7-19-11/h5-7H,4,8-10H2,1-3H3. The Labute approximate surface area is 117 Å². The van der Waals surface area contributed by atoms with E-state index in [1.807, 2.05) is 17.5 Å². The predicted octanol–water partition coefficient (Wildman–Crippen LogP) is 1.20. The van der Waals surface area contributed by atoms with Crippen molar-refractivity contribution < 1.29 is 14.3 Å². The van der Waals surface area contributed by atoms with E-state index < -0.39 is 0 Å². The minimum absolute atomic E-state index is 0.0137. The summed E-state index contributed by atoms with van der Waals surface area (Å²) in [5, 5.41) is 1.99. The second-order valence-corrected chi connectivity index (χ2v) is 5.34. The highest BCUT2D eigenvalue weighted by atomic mass is 32.1. The molecule has 1 aromatic rings. The minimum Gasteiger partial charge on any atom is -0.465 e. The molecular formula is C13H20N2O3S. The molecule has 1 amide bonds. The van der Waals surface area contributed by atoms with E-state index in [4.69, 9.17) is 4.74 Å². The number of rotatable bonds is 7. The minimum atomic E-state index is -0.307. The number of likely N-dealkylation sites (N-methyl/N-ethyl adjacent to an activating group) is 2. The smallest absolute Gasteiger partial charge is 0.320 e. The van der Waals surface area contributed by atoms with Crippen molar-refractivity contribution in [3.05, 3.63) is 22.4 Å². The number of esters is 1. The molecule has 106 valence electrons. The van der Waals surface area contributed by atoms with Gasteiger partial charge in [0.25, 0.3) is 0 Å². The quantitative estimate of drug-likeness (QED) is 0.706. The van der Waals surface area contributed by atoms with Gasteiger partial charge in [-0.3, -0.25) is 14.5 Å². The number of ether oxygens (including phenoxy) is 1. The Morgan fingerprint density at radius 1 is 1.32 bits per heavy atom. The van der Waals surface area contributed by atoms with Crippen molar-refractivity contribution in [1.29, 1.82) is 0 Å². The molecule has 5 nitrogen and oxygen atoms in total. The monoisotopic (exact) mass is 284 g/mol. The number of carbonyl (C=O) groups is 2. The molecule has 0 saturated heterocycles. The third-order valence-corrected chi connectivity index (χ3v) is 3.37. The van der Waals surface area contributed by atoms with Gasteiger partial charge in [-0.25, -0.2) is 0 Å². The SMILES string of the molecule is CCOC(=O)CN(C)CC(=O)N(C)Cc1cccs1. The van der Waals surface area contributed by atoms with Gasteiger partial charge in [-0.15, -0.1) is 11.3 Å². The molecule has 1 rings (SSSR count). The lowest BCUT2D eigenvalue weighted by atomic mass is 10.4. The third kappa shape index (κ3) is 5.85. The van der Waals surface area contributed by atoms with E-state index >= 15 is 0 Å². The molecule has 0 aliphatic heterocycles. The molecule has 6 heteroatoms. The highest BCUT2D eigenvalue weighted by Crippen LogP contribution is 2.10. The van der Waals surface area contributed by atoms with Crippen LogP contribution in [-0.2, 0) is 20.9 Å². The summed E-state index contributed by atoms with van der Waals surface area (Å²) < 4.78 is 4.84. The van der Waals surface area contributed by atoms with Crippen molar-refractivity contribution in [3.8, 4) is 0 Å². The Morgan fingerprint density at radius 3 is 2.63 bits per heavy atom. The second-order valence-electron chi connectivity index (χ2n) is 4.31. The summed E-state index contributed by atoms with van der Waals surface area (Å²) in [5.41, 5.74) is 0. The van der Waals surface area contributed by atoms with Crippen molar-refractivity contribution in [3.63, 3.8) is 0 Å². The van der Waals surface area contributed by atoms with E-state index in [1.54, 1.807) is 42.2 Å². The Morgan fingerprint density at radius 2 is 2.05 bits per heavy atom. The number of hydrogen-bond donors (Lipinski definition) is 0. The fourth-order valence-electron chi connectivity index (χ4n) is 1.56. The highest BCUT2D eigenvalue weighted by Gasteiger charge is 2.14. The van der Waals surface area contributed by atoms with Crippen LogP contribution in [0.25, 0.3) is 0 Å². The summed E-state index contributed by atoms with van der Waals surface area (Å²) >= 11 is 1.62. The third-order valence-electron chi connectivity index (χ3n) is 2.51. The average molecular weight is 284 g/mol. The average Bonchev–Trinajstić information content (AvgIpc) is 2.81. The van der Waals surface area contributed by atoms with Crippen molar-refractivity contribution in [2.45, 2.75) is 13.5 Å².